The second kappa shape index (κ2) is 6.16. The molecule has 1 heterocycles. The van der Waals surface area contributed by atoms with Crippen molar-refractivity contribution in [2.75, 3.05) is 7.11 Å². The number of benzene rings is 1. The van der Waals surface area contributed by atoms with Crippen LogP contribution in [0.1, 0.15) is 47.5 Å². The van der Waals surface area contributed by atoms with E-state index in [4.69, 9.17) is 9.72 Å². The fourth-order valence-electron chi connectivity index (χ4n) is 2.80. The summed E-state index contributed by atoms with van der Waals surface area (Å²) in [4.78, 5) is 6.37. The molecule has 0 amide bonds. The van der Waals surface area contributed by atoms with Crippen LogP contribution >= 0.6 is 11.3 Å². The zero-order valence-electron chi connectivity index (χ0n) is 12.8. The number of nitrogens with one attached hydrogen (secondary N) is 1. The lowest BCUT2D eigenvalue weighted by molar-refractivity contribution is 0.413. The van der Waals surface area contributed by atoms with Gasteiger partial charge < -0.3 is 10.1 Å². The van der Waals surface area contributed by atoms with E-state index in [2.05, 4.69) is 31.3 Å². The number of rotatable bonds is 5. The van der Waals surface area contributed by atoms with E-state index < -0.39 is 0 Å². The molecule has 4 heteroatoms. The van der Waals surface area contributed by atoms with E-state index in [1.165, 1.54) is 34.0 Å². The standard InChI is InChI=1S/C17H22N2OS/c1-11(2)18-16(12-6-4-7-13(10-12)20-3)17-19-14-8-5-9-15(14)21-17/h4,6-7,10-11,16,18H,5,8-9H2,1-3H3. The van der Waals surface area contributed by atoms with Crippen LogP contribution in [0.3, 0.4) is 0 Å². The van der Waals surface area contributed by atoms with Crippen molar-refractivity contribution < 1.29 is 4.74 Å². The predicted octanol–water partition coefficient (Wildman–Crippen LogP) is 3.73. The van der Waals surface area contributed by atoms with Gasteiger partial charge in [0.25, 0.3) is 0 Å². The molecule has 21 heavy (non-hydrogen) atoms. The molecule has 112 valence electrons. The quantitative estimate of drug-likeness (QED) is 0.914. The van der Waals surface area contributed by atoms with Crippen molar-refractivity contribution in [2.45, 2.75) is 45.2 Å². The highest BCUT2D eigenvalue weighted by Gasteiger charge is 2.23. The van der Waals surface area contributed by atoms with E-state index >= 15 is 0 Å². The van der Waals surface area contributed by atoms with Gasteiger partial charge in [0.15, 0.2) is 0 Å². The number of hydrogen-bond acceptors (Lipinski definition) is 4. The minimum atomic E-state index is 0.149. The average Bonchev–Trinajstić information content (AvgIpc) is 3.05. The second-order valence-corrected chi connectivity index (χ2v) is 6.92. The van der Waals surface area contributed by atoms with Crippen molar-refractivity contribution >= 4 is 11.3 Å². The first-order valence-corrected chi connectivity index (χ1v) is 8.37. The Kier molecular flexibility index (Phi) is 4.27. The molecular weight excluding hydrogens is 280 g/mol. The molecule has 0 bridgehead atoms. The van der Waals surface area contributed by atoms with Crippen molar-refractivity contribution in [1.29, 1.82) is 0 Å². The fourth-order valence-corrected chi connectivity index (χ4v) is 4.04. The summed E-state index contributed by atoms with van der Waals surface area (Å²) in [6.07, 6.45) is 3.59. The Morgan fingerprint density at radius 1 is 1.29 bits per heavy atom. The molecule has 1 aromatic heterocycles. The summed E-state index contributed by atoms with van der Waals surface area (Å²) in [6.45, 7) is 4.35. The SMILES string of the molecule is COc1cccc(C(NC(C)C)c2nc3c(s2)CCC3)c1. The molecule has 0 radical (unpaired) electrons. The number of aryl methyl sites for hydroxylation is 2. The Balaban J connectivity index is 1.96. The Morgan fingerprint density at radius 3 is 2.86 bits per heavy atom. The van der Waals surface area contributed by atoms with E-state index in [0.717, 1.165) is 12.2 Å². The third-order valence-corrected chi connectivity index (χ3v) is 5.01. The van der Waals surface area contributed by atoms with Gasteiger partial charge >= 0.3 is 0 Å². The van der Waals surface area contributed by atoms with E-state index in [9.17, 15) is 0 Å². The third kappa shape index (κ3) is 3.11. The molecule has 0 saturated heterocycles. The number of ether oxygens (including phenoxy) is 1. The molecule has 1 aliphatic carbocycles. The summed E-state index contributed by atoms with van der Waals surface area (Å²) in [5, 5.41) is 4.83. The summed E-state index contributed by atoms with van der Waals surface area (Å²) in [6, 6.07) is 8.83. The Morgan fingerprint density at radius 2 is 2.14 bits per heavy atom. The van der Waals surface area contributed by atoms with Crippen molar-refractivity contribution in [3.05, 3.63) is 45.4 Å². The zero-order valence-corrected chi connectivity index (χ0v) is 13.7. The van der Waals surface area contributed by atoms with Gasteiger partial charge in [-0.3, -0.25) is 0 Å². The van der Waals surface area contributed by atoms with Crippen LogP contribution in [-0.4, -0.2) is 18.1 Å². The third-order valence-electron chi connectivity index (χ3n) is 3.79. The van der Waals surface area contributed by atoms with E-state index in [1.54, 1.807) is 7.11 Å². The number of thiazole rings is 1. The van der Waals surface area contributed by atoms with E-state index in [-0.39, 0.29) is 6.04 Å². The number of methoxy groups -OCH3 is 1. The van der Waals surface area contributed by atoms with Crippen molar-refractivity contribution in [1.82, 2.24) is 10.3 Å². The lowest BCUT2D eigenvalue weighted by Gasteiger charge is -2.20. The molecule has 3 rings (SSSR count). The highest BCUT2D eigenvalue weighted by molar-refractivity contribution is 7.11. The molecule has 2 aromatic rings. The molecule has 1 N–H and O–H groups in total. The summed E-state index contributed by atoms with van der Waals surface area (Å²) in [5.41, 5.74) is 2.53. The van der Waals surface area contributed by atoms with Crippen LogP contribution < -0.4 is 10.1 Å². The van der Waals surface area contributed by atoms with Crippen LogP contribution in [0.2, 0.25) is 0 Å². The lowest BCUT2D eigenvalue weighted by Crippen LogP contribution is -2.29. The molecule has 0 aliphatic heterocycles. The Hall–Kier alpha value is -1.39. The van der Waals surface area contributed by atoms with Gasteiger partial charge in [-0.2, -0.15) is 0 Å². The van der Waals surface area contributed by atoms with Crippen LogP contribution in [0.15, 0.2) is 24.3 Å². The number of nitrogens with zero attached hydrogens (tertiary/aromatic N) is 1. The van der Waals surface area contributed by atoms with Crippen molar-refractivity contribution in [2.24, 2.45) is 0 Å². The van der Waals surface area contributed by atoms with Gasteiger partial charge in [-0.25, -0.2) is 4.98 Å². The largest absolute Gasteiger partial charge is 0.497 e. The first-order valence-electron chi connectivity index (χ1n) is 7.56. The summed E-state index contributed by atoms with van der Waals surface area (Å²) >= 11 is 1.87. The maximum Gasteiger partial charge on any atom is 0.119 e. The highest BCUT2D eigenvalue weighted by atomic mass is 32.1. The summed E-state index contributed by atoms with van der Waals surface area (Å²) < 4.78 is 5.36. The molecule has 0 saturated carbocycles. The highest BCUT2D eigenvalue weighted by Crippen LogP contribution is 2.34. The summed E-state index contributed by atoms with van der Waals surface area (Å²) in [7, 11) is 1.71. The molecule has 0 spiro atoms. The minimum Gasteiger partial charge on any atom is -0.497 e. The van der Waals surface area contributed by atoms with Crippen molar-refractivity contribution in [3.63, 3.8) is 0 Å². The van der Waals surface area contributed by atoms with Gasteiger partial charge in [0.05, 0.1) is 18.8 Å². The maximum atomic E-state index is 5.36. The van der Waals surface area contributed by atoms with Crippen LogP contribution in [0.4, 0.5) is 0 Å². The number of fused-ring (bicyclic) bond motifs is 1. The van der Waals surface area contributed by atoms with Gasteiger partial charge in [-0.05, 0) is 50.8 Å². The monoisotopic (exact) mass is 302 g/mol. The van der Waals surface area contributed by atoms with Gasteiger partial charge in [0.2, 0.25) is 0 Å². The molecule has 3 nitrogen and oxygen atoms in total. The Bertz CT molecular complexity index is 600. The zero-order chi connectivity index (χ0) is 14.8. The smallest absolute Gasteiger partial charge is 0.119 e. The molecule has 1 aromatic carbocycles. The first-order chi connectivity index (χ1) is 10.2. The van der Waals surface area contributed by atoms with Gasteiger partial charge in [0.1, 0.15) is 10.8 Å². The molecule has 0 fully saturated rings. The average molecular weight is 302 g/mol. The van der Waals surface area contributed by atoms with Crippen LogP contribution in [0.25, 0.3) is 0 Å². The molecular formula is C17H22N2OS. The number of hydrogen-bond donors (Lipinski definition) is 1. The predicted molar refractivity (Wildman–Crippen MR) is 87.2 cm³/mol. The van der Waals surface area contributed by atoms with Crippen LogP contribution in [-0.2, 0) is 12.8 Å². The fraction of sp³-hybridized carbons (Fsp3) is 0.471. The lowest BCUT2D eigenvalue weighted by atomic mass is 10.1. The molecule has 1 unspecified atom stereocenters. The van der Waals surface area contributed by atoms with Crippen molar-refractivity contribution in [3.8, 4) is 5.75 Å². The molecule has 1 atom stereocenters. The Labute approximate surface area is 130 Å². The van der Waals surface area contributed by atoms with E-state index in [1.807, 2.05) is 23.5 Å². The van der Waals surface area contributed by atoms with Gasteiger partial charge in [-0.1, -0.05) is 12.1 Å². The van der Waals surface area contributed by atoms with E-state index in [0.29, 0.717) is 6.04 Å². The first kappa shape index (κ1) is 14.5. The van der Waals surface area contributed by atoms with Crippen LogP contribution in [0.5, 0.6) is 5.75 Å². The molecule has 1 aliphatic rings. The van der Waals surface area contributed by atoms with Gasteiger partial charge in [-0.15, -0.1) is 11.3 Å². The second-order valence-electron chi connectivity index (χ2n) is 5.81. The number of aromatic nitrogens is 1. The van der Waals surface area contributed by atoms with Crippen LogP contribution in [0, 0.1) is 0 Å². The summed E-state index contributed by atoms with van der Waals surface area (Å²) in [5.74, 6) is 0.896. The van der Waals surface area contributed by atoms with Gasteiger partial charge in [0, 0.05) is 10.9 Å². The minimum absolute atomic E-state index is 0.149. The topological polar surface area (TPSA) is 34.1 Å². The maximum absolute atomic E-state index is 5.36. The normalized spacial score (nSPS) is 15.2.